The van der Waals surface area contributed by atoms with Crippen LogP contribution in [0, 0.1) is 5.82 Å². The largest absolute Gasteiger partial charge is 0.383 e. The molecule has 2 amide bonds. The average molecular weight is 630 g/mol. The fraction of sp³-hybridized carbons (Fsp3) is 0.314. The number of aryl methyl sites for hydroxylation is 1. The van der Waals surface area contributed by atoms with Crippen molar-refractivity contribution in [3.8, 4) is 11.3 Å². The zero-order chi connectivity index (χ0) is 33.4. The highest BCUT2D eigenvalue weighted by atomic mass is 19.1. The highest BCUT2D eigenvalue weighted by Crippen LogP contribution is 2.28. The van der Waals surface area contributed by atoms with Crippen molar-refractivity contribution in [2.75, 3.05) is 51.2 Å². The van der Waals surface area contributed by atoms with Gasteiger partial charge in [0.2, 0.25) is 0 Å². The lowest BCUT2D eigenvalue weighted by atomic mass is 9.87. The molecule has 4 aromatic rings. The van der Waals surface area contributed by atoms with Crippen LogP contribution in [0.2, 0.25) is 0 Å². The summed E-state index contributed by atoms with van der Waals surface area (Å²) < 4.78 is 27.3. The van der Waals surface area contributed by atoms with Gasteiger partial charge in [-0.15, -0.1) is 0 Å². The molecule has 0 radical (unpaired) electrons. The lowest BCUT2D eigenvalue weighted by Crippen LogP contribution is -2.36. The highest BCUT2D eigenvalue weighted by Gasteiger charge is 2.19. The van der Waals surface area contributed by atoms with Crippen molar-refractivity contribution in [2.24, 2.45) is 7.05 Å². The number of carbonyl (C=O) groups is 2. The number of hydrogen-bond acceptors (Lipinski definition) is 7. The van der Waals surface area contributed by atoms with Crippen molar-refractivity contribution in [1.82, 2.24) is 14.5 Å². The minimum absolute atomic E-state index is 0.0159. The number of aromatic nitrogens is 2. The Morgan fingerprint density at radius 2 is 1.52 bits per heavy atom. The molecular formula is C35H40FN5O5. The van der Waals surface area contributed by atoms with E-state index >= 15 is 4.39 Å². The Morgan fingerprint density at radius 1 is 0.913 bits per heavy atom. The fourth-order valence-electron chi connectivity index (χ4n) is 4.69. The first kappa shape index (κ1) is 34.0. The molecule has 0 spiro atoms. The Labute approximate surface area is 268 Å². The molecule has 3 aromatic carbocycles. The van der Waals surface area contributed by atoms with E-state index in [0.29, 0.717) is 43.1 Å². The number of ether oxygens (including phenoxy) is 2. The van der Waals surface area contributed by atoms with Crippen LogP contribution in [0.15, 0.2) is 77.7 Å². The van der Waals surface area contributed by atoms with Gasteiger partial charge >= 0.3 is 0 Å². The second-order valence-electron chi connectivity index (χ2n) is 11.8. The minimum atomic E-state index is -0.686. The number of carbonyl (C=O) groups excluding carboxylic acids is 2. The predicted octanol–water partition coefficient (Wildman–Crippen LogP) is 5.61. The monoisotopic (exact) mass is 629 g/mol. The third kappa shape index (κ3) is 8.23. The second-order valence-corrected chi connectivity index (χ2v) is 11.8. The standard InChI is InChI=1S/C35H40FN5O5/c1-35(2,3)25-14-10-23(11-15-25)32(42)39-28-9-7-8-27(30(28)36)29-22-40(4)34(44)31(38-29)37-26-16-12-24(13-17-26)33(43)41(18-20-45-5)19-21-46-6/h7-17,22H,18-21H2,1-6H3,(H,37,38)(H,39,42). The number of anilines is 3. The Hall–Kier alpha value is -4.87. The molecule has 0 saturated heterocycles. The highest BCUT2D eigenvalue weighted by molar-refractivity contribution is 6.04. The van der Waals surface area contributed by atoms with Gasteiger partial charge in [-0.05, 0) is 59.5 Å². The van der Waals surface area contributed by atoms with Gasteiger partial charge in [0.15, 0.2) is 11.6 Å². The van der Waals surface area contributed by atoms with E-state index in [0.717, 1.165) is 5.56 Å². The summed E-state index contributed by atoms with van der Waals surface area (Å²) in [6.45, 7) is 7.86. The van der Waals surface area contributed by atoms with Crippen molar-refractivity contribution >= 4 is 29.0 Å². The quantitative estimate of drug-likeness (QED) is 0.209. The number of hydrogen-bond donors (Lipinski definition) is 2. The van der Waals surface area contributed by atoms with Gasteiger partial charge in [0.1, 0.15) is 0 Å². The Kier molecular flexibility index (Phi) is 11.0. The normalized spacial score (nSPS) is 11.3. The van der Waals surface area contributed by atoms with Crippen LogP contribution in [-0.4, -0.2) is 66.8 Å². The summed E-state index contributed by atoms with van der Waals surface area (Å²) in [7, 11) is 4.69. The molecular weight excluding hydrogens is 589 g/mol. The van der Waals surface area contributed by atoms with E-state index < -0.39 is 17.3 Å². The zero-order valence-corrected chi connectivity index (χ0v) is 27.0. The van der Waals surface area contributed by atoms with E-state index in [1.807, 2.05) is 12.1 Å². The number of benzene rings is 3. The first-order valence-electron chi connectivity index (χ1n) is 14.9. The number of halogens is 1. The SMILES string of the molecule is COCCN(CCOC)C(=O)c1ccc(Nc2nc(-c3cccc(NC(=O)c4ccc(C(C)(C)C)cc4)c3F)cn(C)c2=O)cc1. The van der Waals surface area contributed by atoms with E-state index in [9.17, 15) is 14.4 Å². The molecule has 0 fully saturated rings. The van der Waals surface area contributed by atoms with Gasteiger partial charge in [-0.25, -0.2) is 9.37 Å². The first-order valence-corrected chi connectivity index (χ1v) is 14.9. The van der Waals surface area contributed by atoms with Crippen molar-refractivity contribution in [1.29, 1.82) is 0 Å². The zero-order valence-electron chi connectivity index (χ0n) is 27.0. The molecule has 0 bridgehead atoms. The van der Waals surface area contributed by atoms with Gasteiger partial charge in [-0.1, -0.05) is 39.0 Å². The van der Waals surface area contributed by atoms with E-state index in [1.54, 1.807) is 68.6 Å². The lowest BCUT2D eigenvalue weighted by molar-refractivity contribution is 0.0627. The van der Waals surface area contributed by atoms with Crippen molar-refractivity contribution < 1.29 is 23.5 Å². The summed E-state index contributed by atoms with van der Waals surface area (Å²) in [5.74, 6) is -1.35. The summed E-state index contributed by atoms with van der Waals surface area (Å²) in [4.78, 5) is 45.0. The molecule has 4 rings (SSSR count). The van der Waals surface area contributed by atoms with E-state index in [-0.39, 0.29) is 34.1 Å². The van der Waals surface area contributed by atoms with E-state index in [2.05, 4.69) is 36.4 Å². The Balaban J connectivity index is 1.54. The van der Waals surface area contributed by atoms with Crippen molar-refractivity contribution in [3.63, 3.8) is 0 Å². The third-order valence-corrected chi connectivity index (χ3v) is 7.42. The number of rotatable bonds is 12. The number of nitrogens with zero attached hydrogens (tertiary/aromatic N) is 3. The van der Waals surface area contributed by atoms with Gasteiger partial charge in [0.25, 0.3) is 17.4 Å². The maximum atomic E-state index is 15.8. The van der Waals surface area contributed by atoms with Gasteiger partial charge < -0.3 is 29.6 Å². The van der Waals surface area contributed by atoms with Crippen LogP contribution in [-0.2, 0) is 21.9 Å². The Morgan fingerprint density at radius 3 is 2.11 bits per heavy atom. The number of nitrogens with one attached hydrogen (secondary N) is 2. The van der Waals surface area contributed by atoms with Crippen LogP contribution in [0.4, 0.5) is 21.6 Å². The van der Waals surface area contributed by atoms with Gasteiger partial charge in [0, 0.05) is 62.9 Å². The van der Waals surface area contributed by atoms with Crippen LogP contribution < -0.4 is 16.2 Å². The van der Waals surface area contributed by atoms with Gasteiger partial charge in [0.05, 0.1) is 24.6 Å². The molecule has 0 aliphatic rings. The second kappa shape index (κ2) is 14.9. The molecule has 46 heavy (non-hydrogen) atoms. The summed E-state index contributed by atoms with van der Waals surface area (Å²) in [6, 6.07) is 18.4. The molecule has 0 atom stereocenters. The van der Waals surface area contributed by atoms with Gasteiger partial charge in [-0.2, -0.15) is 0 Å². The maximum Gasteiger partial charge on any atom is 0.293 e. The van der Waals surface area contributed by atoms with Crippen molar-refractivity contribution in [3.05, 3.63) is 106 Å². The molecule has 1 heterocycles. The first-order chi connectivity index (χ1) is 21.9. The summed E-state index contributed by atoms with van der Waals surface area (Å²) in [6.07, 6.45) is 1.43. The van der Waals surface area contributed by atoms with Crippen LogP contribution >= 0.6 is 0 Å². The van der Waals surface area contributed by atoms with Crippen LogP contribution in [0.25, 0.3) is 11.3 Å². The van der Waals surface area contributed by atoms with Gasteiger partial charge in [-0.3, -0.25) is 14.4 Å². The Bertz CT molecular complexity index is 1720. The fourth-order valence-corrected chi connectivity index (χ4v) is 4.69. The maximum absolute atomic E-state index is 15.8. The molecule has 10 nitrogen and oxygen atoms in total. The molecule has 0 aliphatic heterocycles. The number of methoxy groups -OCH3 is 2. The smallest absolute Gasteiger partial charge is 0.293 e. The van der Waals surface area contributed by atoms with Crippen LogP contribution in [0.5, 0.6) is 0 Å². The molecule has 0 aliphatic carbocycles. The summed E-state index contributed by atoms with van der Waals surface area (Å²) in [5, 5.41) is 5.64. The van der Waals surface area contributed by atoms with Crippen LogP contribution in [0.1, 0.15) is 47.1 Å². The number of amides is 2. The predicted molar refractivity (Wildman–Crippen MR) is 177 cm³/mol. The minimum Gasteiger partial charge on any atom is -0.383 e. The lowest BCUT2D eigenvalue weighted by Gasteiger charge is -2.22. The molecule has 242 valence electrons. The van der Waals surface area contributed by atoms with E-state index in [4.69, 9.17) is 9.47 Å². The molecule has 2 N–H and O–H groups in total. The molecule has 0 saturated carbocycles. The third-order valence-electron chi connectivity index (χ3n) is 7.42. The summed E-state index contributed by atoms with van der Waals surface area (Å²) in [5.41, 5.74) is 2.22. The molecule has 1 aromatic heterocycles. The summed E-state index contributed by atoms with van der Waals surface area (Å²) >= 11 is 0. The topological polar surface area (TPSA) is 115 Å². The molecule has 0 unspecified atom stereocenters. The molecule has 11 heteroatoms. The average Bonchev–Trinajstić information content (AvgIpc) is 3.04. The van der Waals surface area contributed by atoms with Crippen LogP contribution in [0.3, 0.4) is 0 Å². The van der Waals surface area contributed by atoms with E-state index in [1.165, 1.54) is 22.9 Å². The van der Waals surface area contributed by atoms with Crippen molar-refractivity contribution in [2.45, 2.75) is 26.2 Å².